The highest BCUT2D eigenvalue weighted by Gasteiger charge is 2.16. The van der Waals surface area contributed by atoms with Gasteiger partial charge in [-0.25, -0.2) is 0 Å². The van der Waals surface area contributed by atoms with E-state index in [1.165, 1.54) is 0 Å². The third-order valence-corrected chi connectivity index (χ3v) is 3.05. The molecule has 0 unspecified atom stereocenters. The average molecular weight is 286 g/mol. The standard InChI is InChI=1S/C16H22N4O/c1-5-20-11-17-19-15(20)12-7-6-8-13(9-12)18-14(21)10-16(2,3)4/h6-9,11H,5,10H2,1-4H3,(H,18,21). The summed E-state index contributed by atoms with van der Waals surface area (Å²) in [6.45, 7) is 9.00. The fourth-order valence-electron chi connectivity index (χ4n) is 2.13. The van der Waals surface area contributed by atoms with Crippen molar-refractivity contribution in [2.24, 2.45) is 5.41 Å². The fourth-order valence-corrected chi connectivity index (χ4v) is 2.13. The first-order valence-corrected chi connectivity index (χ1v) is 7.17. The second-order valence-electron chi connectivity index (χ2n) is 6.31. The van der Waals surface area contributed by atoms with Crippen molar-refractivity contribution in [3.63, 3.8) is 0 Å². The Kier molecular flexibility index (Phi) is 4.40. The van der Waals surface area contributed by atoms with E-state index in [4.69, 9.17) is 0 Å². The molecular formula is C16H22N4O. The summed E-state index contributed by atoms with van der Waals surface area (Å²) in [5.74, 6) is 0.834. The lowest BCUT2D eigenvalue weighted by Gasteiger charge is -2.17. The van der Waals surface area contributed by atoms with E-state index < -0.39 is 0 Å². The lowest BCUT2D eigenvalue weighted by atomic mass is 9.92. The Hall–Kier alpha value is -2.17. The third-order valence-electron chi connectivity index (χ3n) is 3.05. The highest BCUT2D eigenvalue weighted by molar-refractivity contribution is 5.91. The first-order chi connectivity index (χ1) is 9.89. The molecule has 112 valence electrons. The Morgan fingerprint density at radius 3 is 2.76 bits per heavy atom. The molecule has 1 aromatic heterocycles. The van der Waals surface area contributed by atoms with E-state index >= 15 is 0 Å². The number of aromatic nitrogens is 3. The summed E-state index contributed by atoms with van der Waals surface area (Å²) in [6.07, 6.45) is 2.20. The lowest BCUT2D eigenvalue weighted by Crippen LogP contribution is -2.19. The van der Waals surface area contributed by atoms with Crippen LogP contribution in [0.1, 0.15) is 34.1 Å². The molecule has 1 aromatic carbocycles. The van der Waals surface area contributed by atoms with Gasteiger partial charge in [0.1, 0.15) is 6.33 Å². The van der Waals surface area contributed by atoms with Gasteiger partial charge in [-0.05, 0) is 24.5 Å². The monoisotopic (exact) mass is 286 g/mol. The Labute approximate surface area is 125 Å². The van der Waals surface area contributed by atoms with Crippen molar-refractivity contribution >= 4 is 11.6 Å². The molecule has 0 fully saturated rings. The summed E-state index contributed by atoms with van der Waals surface area (Å²) < 4.78 is 1.97. The Balaban J connectivity index is 2.17. The highest BCUT2D eigenvalue weighted by Crippen LogP contribution is 2.23. The van der Waals surface area contributed by atoms with Crippen LogP contribution in [0.4, 0.5) is 5.69 Å². The van der Waals surface area contributed by atoms with Gasteiger partial charge in [0.25, 0.3) is 0 Å². The van der Waals surface area contributed by atoms with Gasteiger partial charge in [0.15, 0.2) is 5.82 Å². The number of hydrogen-bond acceptors (Lipinski definition) is 3. The van der Waals surface area contributed by atoms with E-state index in [2.05, 4.69) is 15.5 Å². The van der Waals surface area contributed by atoms with Gasteiger partial charge < -0.3 is 9.88 Å². The maximum Gasteiger partial charge on any atom is 0.224 e. The van der Waals surface area contributed by atoms with Crippen molar-refractivity contribution in [2.75, 3.05) is 5.32 Å². The smallest absolute Gasteiger partial charge is 0.224 e. The van der Waals surface area contributed by atoms with Crippen LogP contribution < -0.4 is 5.32 Å². The van der Waals surface area contributed by atoms with Crippen LogP contribution in [0.15, 0.2) is 30.6 Å². The normalized spacial score (nSPS) is 11.4. The third kappa shape index (κ3) is 4.15. The zero-order valence-corrected chi connectivity index (χ0v) is 13.1. The van der Waals surface area contributed by atoms with Crippen molar-refractivity contribution in [1.82, 2.24) is 14.8 Å². The number of carbonyl (C=O) groups excluding carboxylic acids is 1. The van der Waals surface area contributed by atoms with Crippen LogP contribution in [-0.4, -0.2) is 20.7 Å². The molecule has 0 saturated heterocycles. The van der Waals surface area contributed by atoms with Crippen LogP contribution in [-0.2, 0) is 11.3 Å². The van der Waals surface area contributed by atoms with Gasteiger partial charge in [0, 0.05) is 24.2 Å². The van der Waals surface area contributed by atoms with Gasteiger partial charge >= 0.3 is 0 Å². The molecule has 0 atom stereocenters. The molecule has 0 radical (unpaired) electrons. The SMILES string of the molecule is CCn1cnnc1-c1cccc(NC(=O)CC(C)(C)C)c1. The minimum Gasteiger partial charge on any atom is -0.326 e. The molecule has 0 aliphatic rings. The highest BCUT2D eigenvalue weighted by atomic mass is 16.1. The molecular weight excluding hydrogens is 264 g/mol. The Morgan fingerprint density at radius 2 is 2.10 bits per heavy atom. The summed E-state index contributed by atoms with van der Waals surface area (Å²) in [6, 6.07) is 7.69. The van der Waals surface area contributed by atoms with E-state index in [-0.39, 0.29) is 11.3 Å². The maximum atomic E-state index is 12.0. The number of amides is 1. The summed E-state index contributed by atoms with van der Waals surface area (Å²) in [7, 11) is 0. The van der Waals surface area contributed by atoms with E-state index in [1.54, 1.807) is 6.33 Å². The number of hydrogen-bond donors (Lipinski definition) is 1. The summed E-state index contributed by atoms with van der Waals surface area (Å²) in [5, 5.41) is 11.0. The van der Waals surface area contributed by atoms with E-state index in [1.807, 2.05) is 56.5 Å². The van der Waals surface area contributed by atoms with E-state index in [0.717, 1.165) is 23.6 Å². The first-order valence-electron chi connectivity index (χ1n) is 7.17. The first kappa shape index (κ1) is 15.2. The van der Waals surface area contributed by atoms with Crippen molar-refractivity contribution in [2.45, 2.75) is 40.7 Å². The largest absolute Gasteiger partial charge is 0.326 e. The number of rotatable bonds is 4. The summed E-state index contributed by atoms with van der Waals surface area (Å²) in [5.41, 5.74) is 1.71. The molecule has 2 aromatic rings. The van der Waals surface area contributed by atoms with Gasteiger partial charge in [-0.2, -0.15) is 0 Å². The second kappa shape index (κ2) is 6.08. The Morgan fingerprint density at radius 1 is 1.33 bits per heavy atom. The predicted molar refractivity (Wildman–Crippen MR) is 83.8 cm³/mol. The van der Waals surface area contributed by atoms with Gasteiger partial charge in [0.2, 0.25) is 5.91 Å². The topological polar surface area (TPSA) is 59.8 Å². The van der Waals surface area contributed by atoms with E-state index in [9.17, 15) is 4.79 Å². The molecule has 5 heteroatoms. The zero-order valence-electron chi connectivity index (χ0n) is 13.1. The zero-order chi connectivity index (χ0) is 15.5. The molecule has 0 aliphatic carbocycles. The van der Waals surface area contributed by atoms with Crippen LogP contribution in [0.3, 0.4) is 0 Å². The average Bonchev–Trinajstić information content (AvgIpc) is 2.84. The minimum atomic E-state index is -0.0237. The molecule has 1 heterocycles. The number of benzene rings is 1. The molecule has 1 N–H and O–H groups in total. The predicted octanol–water partition coefficient (Wildman–Crippen LogP) is 3.34. The molecule has 0 saturated carbocycles. The summed E-state index contributed by atoms with van der Waals surface area (Å²) >= 11 is 0. The molecule has 5 nitrogen and oxygen atoms in total. The van der Waals surface area contributed by atoms with Crippen LogP contribution >= 0.6 is 0 Å². The fraction of sp³-hybridized carbons (Fsp3) is 0.438. The number of aryl methyl sites for hydroxylation is 1. The molecule has 21 heavy (non-hydrogen) atoms. The van der Waals surface area contributed by atoms with Crippen molar-refractivity contribution in [1.29, 1.82) is 0 Å². The molecule has 0 spiro atoms. The number of nitrogens with one attached hydrogen (secondary N) is 1. The molecule has 0 aliphatic heterocycles. The van der Waals surface area contributed by atoms with Gasteiger partial charge in [-0.3, -0.25) is 4.79 Å². The minimum absolute atomic E-state index is 0.0237. The van der Waals surface area contributed by atoms with Gasteiger partial charge in [-0.1, -0.05) is 32.9 Å². The molecule has 2 rings (SSSR count). The van der Waals surface area contributed by atoms with Crippen LogP contribution in [0.2, 0.25) is 0 Å². The summed E-state index contributed by atoms with van der Waals surface area (Å²) in [4.78, 5) is 12.0. The van der Waals surface area contributed by atoms with Crippen LogP contribution in [0, 0.1) is 5.41 Å². The van der Waals surface area contributed by atoms with Crippen LogP contribution in [0.25, 0.3) is 11.4 Å². The quantitative estimate of drug-likeness (QED) is 0.937. The Bertz CT molecular complexity index is 625. The molecule has 1 amide bonds. The van der Waals surface area contributed by atoms with Crippen molar-refractivity contribution in [3.8, 4) is 11.4 Å². The van der Waals surface area contributed by atoms with Crippen LogP contribution in [0.5, 0.6) is 0 Å². The number of anilines is 1. The molecule has 0 bridgehead atoms. The maximum absolute atomic E-state index is 12.0. The second-order valence-corrected chi connectivity index (χ2v) is 6.31. The van der Waals surface area contributed by atoms with Crippen molar-refractivity contribution in [3.05, 3.63) is 30.6 Å². The van der Waals surface area contributed by atoms with Crippen molar-refractivity contribution < 1.29 is 4.79 Å². The lowest BCUT2D eigenvalue weighted by molar-refractivity contribution is -0.117. The van der Waals surface area contributed by atoms with E-state index in [0.29, 0.717) is 6.42 Å². The van der Waals surface area contributed by atoms with Gasteiger partial charge in [-0.15, -0.1) is 10.2 Å². The van der Waals surface area contributed by atoms with Gasteiger partial charge in [0.05, 0.1) is 0 Å². The number of nitrogens with zero attached hydrogens (tertiary/aromatic N) is 3. The number of carbonyl (C=O) groups is 1.